The van der Waals surface area contributed by atoms with Crippen molar-refractivity contribution in [2.75, 3.05) is 13.9 Å². The molecule has 2 aromatic carbocycles. The number of benzene rings is 2. The molecule has 7 nitrogen and oxygen atoms in total. The Kier molecular flexibility index (Phi) is 6.47. The lowest BCUT2D eigenvalue weighted by molar-refractivity contribution is -0.140. The first kappa shape index (κ1) is 24.2. The average molecular weight is 488 g/mol. The first-order valence-corrected chi connectivity index (χ1v) is 10.7. The average Bonchev–Trinajstić information content (AvgIpc) is 3.39. The summed E-state index contributed by atoms with van der Waals surface area (Å²) in [7, 11) is 1.27. The van der Waals surface area contributed by atoms with Gasteiger partial charge < -0.3 is 24.5 Å². The minimum Gasteiger partial charge on any atom is -0.469 e. The van der Waals surface area contributed by atoms with Gasteiger partial charge in [-0.15, -0.1) is 0 Å². The van der Waals surface area contributed by atoms with Crippen molar-refractivity contribution in [3.05, 3.63) is 70.5 Å². The van der Waals surface area contributed by atoms with Crippen LogP contribution in [0.4, 0.5) is 13.2 Å². The van der Waals surface area contributed by atoms with Gasteiger partial charge in [-0.3, -0.25) is 9.59 Å². The van der Waals surface area contributed by atoms with Crippen LogP contribution in [-0.2, 0) is 28.7 Å². The quantitative estimate of drug-likeness (QED) is 0.496. The molecule has 0 spiro atoms. The van der Waals surface area contributed by atoms with Gasteiger partial charge >= 0.3 is 12.1 Å². The number of ether oxygens (including phenoxy) is 3. The summed E-state index contributed by atoms with van der Waals surface area (Å²) in [6.07, 6.45) is -4.31. The molecule has 0 saturated carbocycles. The third-order valence-corrected chi connectivity index (χ3v) is 5.95. The Balaban J connectivity index is 1.85. The maximum absolute atomic E-state index is 13.1. The third kappa shape index (κ3) is 4.82. The number of nitrogens with zero attached hydrogens (tertiary/aromatic N) is 1. The van der Waals surface area contributed by atoms with E-state index in [2.05, 4.69) is 0 Å². The van der Waals surface area contributed by atoms with Gasteiger partial charge in [0.05, 0.1) is 24.7 Å². The summed E-state index contributed by atoms with van der Waals surface area (Å²) in [5.74, 6) is 0.0206. The number of esters is 1. The third-order valence-electron chi connectivity index (χ3n) is 5.95. The fourth-order valence-corrected chi connectivity index (χ4v) is 4.25. The summed E-state index contributed by atoms with van der Waals surface area (Å²) in [5.41, 5.74) is 7.83. The smallest absolute Gasteiger partial charge is 0.416 e. The Morgan fingerprint density at radius 1 is 1.09 bits per heavy atom. The first-order valence-electron chi connectivity index (χ1n) is 10.7. The molecule has 2 heterocycles. The zero-order valence-corrected chi connectivity index (χ0v) is 19.1. The zero-order chi connectivity index (χ0) is 25.3. The molecule has 0 unspecified atom stereocenters. The molecule has 0 aliphatic carbocycles. The van der Waals surface area contributed by atoms with Crippen LogP contribution >= 0.6 is 0 Å². The van der Waals surface area contributed by atoms with Crippen LogP contribution in [0.15, 0.2) is 42.5 Å². The van der Waals surface area contributed by atoms with Gasteiger partial charge in [0, 0.05) is 23.5 Å². The van der Waals surface area contributed by atoms with E-state index < -0.39 is 23.6 Å². The normalized spacial score (nSPS) is 12.6. The number of nitrogens with two attached hydrogens (primary N) is 1. The SMILES string of the molecule is COC(=O)CCc1c(-c2ccc(C(F)(F)F)cc2)c(C(N)=O)c(C)n1Cc1ccc2c(c1)OCO2. The van der Waals surface area contributed by atoms with E-state index in [1.807, 2.05) is 16.7 Å². The van der Waals surface area contributed by atoms with Crippen LogP contribution in [0.1, 0.15) is 39.3 Å². The monoisotopic (exact) mass is 488 g/mol. The molecule has 0 fully saturated rings. The lowest BCUT2D eigenvalue weighted by Gasteiger charge is -2.14. The molecule has 4 rings (SSSR count). The fraction of sp³-hybridized carbons (Fsp3) is 0.280. The number of methoxy groups -OCH3 is 1. The Hall–Kier alpha value is -3.95. The first-order chi connectivity index (χ1) is 16.6. The lowest BCUT2D eigenvalue weighted by Crippen LogP contribution is -2.13. The number of carbonyl (C=O) groups is 2. The van der Waals surface area contributed by atoms with Crippen molar-refractivity contribution in [1.29, 1.82) is 0 Å². The molecule has 3 aromatic rings. The van der Waals surface area contributed by atoms with E-state index in [4.69, 9.17) is 19.9 Å². The number of aromatic nitrogens is 1. The Labute approximate surface area is 199 Å². The number of rotatable bonds is 7. The van der Waals surface area contributed by atoms with Gasteiger partial charge in [-0.1, -0.05) is 18.2 Å². The van der Waals surface area contributed by atoms with E-state index in [1.54, 1.807) is 13.0 Å². The van der Waals surface area contributed by atoms with Gasteiger partial charge in [-0.25, -0.2) is 0 Å². The maximum Gasteiger partial charge on any atom is 0.416 e. The number of hydrogen-bond donors (Lipinski definition) is 1. The van der Waals surface area contributed by atoms with Crippen molar-refractivity contribution in [3.63, 3.8) is 0 Å². The summed E-state index contributed by atoms with van der Waals surface area (Å²) < 4.78 is 56.8. The summed E-state index contributed by atoms with van der Waals surface area (Å²) in [6.45, 7) is 2.14. The van der Waals surface area contributed by atoms with Gasteiger partial charge in [0.15, 0.2) is 11.5 Å². The van der Waals surface area contributed by atoms with Crippen molar-refractivity contribution >= 4 is 11.9 Å². The number of fused-ring (bicyclic) bond motifs is 1. The largest absolute Gasteiger partial charge is 0.469 e. The summed E-state index contributed by atoms with van der Waals surface area (Å²) in [5, 5.41) is 0. The van der Waals surface area contributed by atoms with E-state index in [0.717, 1.165) is 17.7 Å². The predicted octanol–water partition coefficient (Wildman–Crippen LogP) is 4.46. The summed E-state index contributed by atoms with van der Waals surface area (Å²) >= 11 is 0. The molecule has 1 aliphatic rings. The van der Waals surface area contributed by atoms with Gasteiger partial charge in [0.2, 0.25) is 6.79 Å². The molecule has 0 saturated heterocycles. The van der Waals surface area contributed by atoms with E-state index in [9.17, 15) is 22.8 Å². The molecule has 2 N–H and O–H groups in total. The second-order valence-electron chi connectivity index (χ2n) is 8.07. The Morgan fingerprint density at radius 2 is 1.77 bits per heavy atom. The van der Waals surface area contributed by atoms with Crippen molar-refractivity contribution < 1.29 is 37.0 Å². The summed E-state index contributed by atoms with van der Waals surface area (Å²) in [4.78, 5) is 24.4. The standard InChI is InChI=1S/C25H23F3N2O5/c1-14-22(24(29)32)23(16-4-6-17(7-5-16)25(26,27)28)18(8-10-21(31)33-2)30(14)12-15-3-9-19-20(11-15)35-13-34-19/h3-7,9,11H,8,10,12-13H2,1-2H3,(H2,29,32). The highest BCUT2D eigenvalue weighted by molar-refractivity contribution is 6.02. The van der Waals surface area contributed by atoms with Crippen LogP contribution < -0.4 is 15.2 Å². The molecule has 1 aliphatic heterocycles. The van der Waals surface area contributed by atoms with Gasteiger partial charge in [0.1, 0.15) is 0 Å². The van der Waals surface area contributed by atoms with Crippen LogP contribution in [0.5, 0.6) is 11.5 Å². The molecular weight excluding hydrogens is 465 g/mol. The Bertz CT molecular complexity index is 1280. The van der Waals surface area contributed by atoms with Gasteiger partial charge in [-0.2, -0.15) is 13.2 Å². The minimum absolute atomic E-state index is 0.00687. The predicted molar refractivity (Wildman–Crippen MR) is 120 cm³/mol. The molecule has 10 heteroatoms. The fourth-order valence-electron chi connectivity index (χ4n) is 4.25. The minimum atomic E-state index is -4.50. The van der Waals surface area contributed by atoms with Gasteiger partial charge in [0.25, 0.3) is 5.91 Å². The summed E-state index contributed by atoms with van der Waals surface area (Å²) in [6, 6.07) is 9.94. The van der Waals surface area contributed by atoms with E-state index in [-0.39, 0.29) is 25.2 Å². The molecule has 1 aromatic heterocycles. The highest BCUT2D eigenvalue weighted by Crippen LogP contribution is 2.38. The Morgan fingerprint density at radius 3 is 2.40 bits per heavy atom. The topological polar surface area (TPSA) is 92.8 Å². The second kappa shape index (κ2) is 9.36. The number of amides is 1. The van der Waals surface area contributed by atoms with Crippen molar-refractivity contribution in [3.8, 4) is 22.6 Å². The van der Waals surface area contributed by atoms with Crippen LogP contribution in [0, 0.1) is 6.92 Å². The van der Waals surface area contributed by atoms with Crippen LogP contribution in [0.3, 0.4) is 0 Å². The van der Waals surface area contributed by atoms with E-state index in [0.29, 0.717) is 40.6 Å². The van der Waals surface area contributed by atoms with Gasteiger partial charge in [-0.05, 0) is 48.7 Å². The number of hydrogen-bond acceptors (Lipinski definition) is 5. The van der Waals surface area contributed by atoms with Crippen molar-refractivity contribution in [2.45, 2.75) is 32.5 Å². The highest BCUT2D eigenvalue weighted by Gasteiger charge is 2.31. The molecular formula is C25H23F3N2O5. The van der Waals surface area contributed by atoms with E-state index >= 15 is 0 Å². The molecule has 1 amide bonds. The molecule has 0 radical (unpaired) electrons. The van der Waals surface area contributed by atoms with Crippen LogP contribution in [-0.4, -0.2) is 30.3 Å². The second-order valence-corrected chi connectivity index (χ2v) is 8.07. The van der Waals surface area contributed by atoms with Crippen LogP contribution in [0.25, 0.3) is 11.1 Å². The molecule has 35 heavy (non-hydrogen) atoms. The molecule has 184 valence electrons. The molecule has 0 atom stereocenters. The number of primary amides is 1. The van der Waals surface area contributed by atoms with E-state index in [1.165, 1.54) is 19.2 Å². The molecule has 0 bridgehead atoms. The maximum atomic E-state index is 13.1. The van der Waals surface area contributed by atoms with Crippen LogP contribution in [0.2, 0.25) is 0 Å². The number of alkyl halides is 3. The van der Waals surface area contributed by atoms with Crippen molar-refractivity contribution in [1.82, 2.24) is 4.57 Å². The van der Waals surface area contributed by atoms with Crippen molar-refractivity contribution in [2.24, 2.45) is 5.73 Å². The number of carbonyl (C=O) groups excluding carboxylic acids is 2. The number of halogens is 3. The zero-order valence-electron chi connectivity index (χ0n) is 19.1. The lowest BCUT2D eigenvalue weighted by atomic mass is 9.97. The highest BCUT2D eigenvalue weighted by atomic mass is 19.4.